The van der Waals surface area contributed by atoms with Crippen LogP contribution in [0.25, 0.3) is 0 Å². The predicted molar refractivity (Wildman–Crippen MR) is 87.9 cm³/mol. The van der Waals surface area contributed by atoms with Gasteiger partial charge in [0.05, 0.1) is 6.33 Å². The van der Waals surface area contributed by atoms with Gasteiger partial charge in [-0.2, -0.15) is 0 Å². The summed E-state index contributed by atoms with van der Waals surface area (Å²) in [6.07, 6.45) is 9.00. The Morgan fingerprint density at radius 1 is 1.30 bits per heavy atom. The van der Waals surface area contributed by atoms with E-state index in [2.05, 4.69) is 39.2 Å². The van der Waals surface area contributed by atoms with Crippen molar-refractivity contribution in [2.24, 2.45) is 7.05 Å². The Morgan fingerprint density at radius 3 is 2.61 bits per heavy atom. The first-order valence-corrected chi connectivity index (χ1v) is 8.06. The van der Waals surface area contributed by atoms with Crippen molar-refractivity contribution >= 4 is 5.91 Å². The molecule has 0 spiro atoms. The molecule has 2 aromatic rings. The molecule has 3 rings (SSSR count). The molecule has 1 fully saturated rings. The van der Waals surface area contributed by atoms with Crippen molar-refractivity contribution in [2.75, 3.05) is 13.1 Å². The molecule has 1 atom stereocenters. The molecule has 1 aliphatic rings. The van der Waals surface area contributed by atoms with Crippen LogP contribution in [0.4, 0.5) is 0 Å². The van der Waals surface area contributed by atoms with Gasteiger partial charge in [0, 0.05) is 50.8 Å². The minimum atomic E-state index is -0.0776. The topological polar surface area (TPSA) is 63.1 Å². The second-order valence-electron chi connectivity index (χ2n) is 6.16. The minimum absolute atomic E-state index is 0.0776. The molecule has 3 heterocycles. The number of carbonyl (C=O) groups is 1. The number of nitrogens with one attached hydrogen (secondary N) is 1. The summed E-state index contributed by atoms with van der Waals surface area (Å²) < 4.78 is 1.79. The first-order chi connectivity index (χ1) is 11.1. The Bertz CT molecular complexity index is 646. The lowest BCUT2D eigenvalue weighted by molar-refractivity contribution is 0.0891. The van der Waals surface area contributed by atoms with Gasteiger partial charge in [0.25, 0.3) is 5.91 Å². The Hall–Kier alpha value is -2.21. The molecule has 0 aromatic carbocycles. The van der Waals surface area contributed by atoms with Crippen LogP contribution in [0.5, 0.6) is 0 Å². The standard InChI is InChI=1S/C17H23N5O/c1-13(14-3-7-18-8-4-14)22-9-5-15(6-10-22)20-17(23)16-11-21(2)12-19-16/h3-4,7-8,11-13,15H,5-6,9-10H2,1-2H3,(H,20,23)/t13-/m1/s1. The molecule has 23 heavy (non-hydrogen) atoms. The second-order valence-corrected chi connectivity index (χ2v) is 6.16. The third kappa shape index (κ3) is 3.76. The van der Waals surface area contributed by atoms with Crippen molar-refractivity contribution in [3.63, 3.8) is 0 Å². The van der Waals surface area contributed by atoms with Crippen LogP contribution in [0.1, 0.15) is 41.9 Å². The first-order valence-electron chi connectivity index (χ1n) is 8.06. The van der Waals surface area contributed by atoms with Crippen molar-refractivity contribution in [1.82, 2.24) is 24.8 Å². The monoisotopic (exact) mass is 313 g/mol. The smallest absolute Gasteiger partial charge is 0.271 e. The molecular weight excluding hydrogens is 290 g/mol. The van der Waals surface area contributed by atoms with E-state index >= 15 is 0 Å². The average Bonchev–Trinajstić information content (AvgIpc) is 3.02. The summed E-state index contributed by atoms with van der Waals surface area (Å²) >= 11 is 0. The SMILES string of the molecule is C[C@H](c1ccncc1)N1CCC(NC(=O)c2cn(C)cn2)CC1. The second kappa shape index (κ2) is 6.91. The molecule has 0 radical (unpaired) electrons. The number of nitrogens with zero attached hydrogens (tertiary/aromatic N) is 4. The molecule has 0 unspecified atom stereocenters. The van der Waals surface area contributed by atoms with Gasteiger partial charge in [-0.05, 0) is 37.5 Å². The van der Waals surface area contributed by atoms with E-state index in [4.69, 9.17) is 0 Å². The number of imidazole rings is 1. The van der Waals surface area contributed by atoms with Crippen molar-refractivity contribution in [3.05, 3.63) is 48.3 Å². The summed E-state index contributed by atoms with van der Waals surface area (Å²) in [5, 5.41) is 3.10. The fourth-order valence-corrected chi connectivity index (χ4v) is 3.07. The van der Waals surface area contributed by atoms with E-state index in [1.54, 1.807) is 17.1 Å². The Morgan fingerprint density at radius 2 is 2.00 bits per heavy atom. The summed E-state index contributed by atoms with van der Waals surface area (Å²) in [5.41, 5.74) is 1.77. The van der Waals surface area contributed by atoms with Gasteiger partial charge in [-0.25, -0.2) is 4.98 Å². The normalized spacial score (nSPS) is 17.8. The molecule has 122 valence electrons. The van der Waals surface area contributed by atoms with E-state index in [9.17, 15) is 4.79 Å². The largest absolute Gasteiger partial charge is 0.348 e. The zero-order chi connectivity index (χ0) is 16.2. The molecular formula is C17H23N5O. The number of aromatic nitrogens is 3. The van der Waals surface area contributed by atoms with Crippen LogP contribution in [-0.2, 0) is 7.05 Å². The van der Waals surface area contributed by atoms with E-state index in [0.29, 0.717) is 11.7 Å². The number of aryl methyl sites for hydroxylation is 1. The molecule has 0 bridgehead atoms. The van der Waals surface area contributed by atoms with Crippen molar-refractivity contribution in [2.45, 2.75) is 31.8 Å². The number of hydrogen-bond acceptors (Lipinski definition) is 4. The maximum absolute atomic E-state index is 12.2. The van der Waals surface area contributed by atoms with Crippen LogP contribution >= 0.6 is 0 Å². The lowest BCUT2D eigenvalue weighted by Gasteiger charge is -2.36. The molecule has 6 nitrogen and oxygen atoms in total. The Labute approximate surface area is 136 Å². The third-order valence-electron chi connectivity index (χ3n) is 4.54. The van der Waals surface area contributed by atoms with E-state index in [0.717, 1.165) is 25.9 Å². The Kier molecular flexibility index (Phi) is 4.71. The molecule has 0 aliphatic carbocycles. The molecule has 1 amide bonds. The van der Waals surface area contributed by atoms with Crippen LogP contribution in [0.15, 0.2) is 37.1 Å². The van der Waals surface area contributed by atoms with E-state index in [-0.39, 0.29) is 11.9 Å². The fraction of sp³-hybridized carbons (Fsp3) is 0.471. The number of pyridine rings is 1. The van der Waals surface area contributed by atoms with Crippen LogP contribution in [0, 0.1) is 0 Å². The lowest BCUT2D eigenvalue weighted by Crippen LogP contribution is -2.45. The lowest BCUT2D eigenvalue weighted by atomic mass is 10.0. The highest BCUT2D eigenvalue weighted by Crippen LogP contribution is 2.23. The van der Waals surface area contributed by atoms with Crippen LogP contribution in [0.2, 0.25) is 0 Å². The summed E-state index contributed by atoms with van der Waals surface area (Å²) in [6.45, 7) is 4.19. The number of carbonyl (C=O) groups excluding carboxylic acids is 1. The highest BCUT2D eigenvalue weighted by molar-refractivity contribution is 5.92. The van der Waals surface area contributed by atoms with Crippen LogP contribution in [0.3, 0.4) is 0 Å². The number of piperidine rings is 1. The predicted octanol–water partition coefficient (Wildman–Crippen LogP) is 1.77. The van der Waals surface area contributed by atoms with Crippen LogP contribution in [-0.4, -0.2) is 44.5 Å². The van der Waals surface area contributed by atoms with Gasteiger partial charge < -0.3 is 9.88 Å². The maximum atomic E-state index is 12.2. The Balaban J connectivity index is 1.51. The summed E-state index contributed by atoms with van der Waals surface area (Å²) in [4.78, 5) is 22.8. The van der Waals surface area contributed by atoms with Gasteiger partial charge in [-0.15, -0.1) is 0 Å². The first kappa shape index (κ1) is 15.7. The highest BCUT2D eigenvalue weighted by atomic mass is 16.2. The van der Waals surface area contributed by atoms with Gasteiger partial charge in [0.1, 0.15) is 5.69 Å². The molecule has 1 saturated heterocycles. The molecule has 2 aromatic heterocycles. The number of amides is 1. The minimum Gasteiger partial charge on any atom is -0.348 e. The molecule has 1 N–H and O–H groups in total. The number of rotatable bonds is 4. The summed E-state index contributed by atoms with van der Waals surface area (Å²) in [6, 6.07) is 4.75. The fourth-order valence-electron chi connectivity index (χ4n) is 3.07. The zero-order valence-electron chi connectivity index (χ0n) is 13.6. The molecule has 6 heteroatoms. The summed E-state index contributed by atoms with van der Waals surface area (Å²) in [5.74, 6) is -0.0776. The average molecular weight is 313 g/mol. The number of hydrogen-bond donors (Lipinski definition) is 1. The molecule has 1 aliphatic heterocycles. The van der Waals surface area contributed by atoms with Crippen molar-refractivity contribution in [3.8, 4) is 0 Å². The van der Waals surface area contributed by atoms with Gasteiger partial charge in [0.2, 0.25) is 0 Å². The third-order valence-corrected chi connectivity index (χ3v) is 4.54. The molecule has 0 saturated carbocycles. The van der Waals surface area contributed by atoms with Crippen LogP contribution < -0.4 is 5.32 Å². The van der Waals surface area contributed by atoms with Gasteiger partial charge in [0.15, 0.2) is 0 Å². The van der Waals surface area contributed by atoms with Crippen molar-refractivity contribution < 1.29 is 4.79 Å². The quantitative estimate of drug-likeness (QED) is 0.934. The van der Waals surface area contributed by atoms with E-state index < -0.39 is 0 Å². The highest BCUT2D eigenvalue weighted by Gasteiger charge is 2.25. The number of likely N-dealkylation sites (tertiary alicyclic amines) is 1. The van der Waals surface area contributed by atoms with Gasteiger partial charge in [-0.1, -0.05) is 0 Å². The van der Waals surface area contributed by atoms with E-state index in [1.165, 1.54) is 5.56 Å². The van der Waals surface area contributed by atoms with Gasteiger partial charge >= 0.3 is 0 Å². The summed E-state index contributed by atoms with van der Waals surface area (Å²) in [7, 11) is 1.86. The zero-order valence-corrected chi connectivity index (χ0v) is 13.6. The van der Waals surface area contributed by atoms with Gasteiger partial charge in [-0.3, -0.25) is 14.7 Å². The van der Waals surface area contributed by atoms with Crippen molar-refractivity contribution in [1.29, 1.82) is 0 Å². The maximum Gasteiger partial charge on any atom is 0.271 e. The van der Waals surface area contributed by atoms with E-state index in [1.807, 2.05) is 19.4 Å².